The Morgan fingerprint density at radius 2 is 2.00 bits per heavy atom. The van der Waals surface area contributed by atoms with E-state index in [4.69, 9.17) is 17.3 Å². The predicted octanol–water partition coefficient (Wildman–Crippen LogP) is 1.46. The van der Waals surface area contributed by atoms with Gasteiger partial charge in [-0.25, -0.2) is 12.8 Å². The molecule has 0 aromatic heterocycles. The summed E-state index contributed by atoms with van der Waals surface area (Å²) in [6.45, 7) is 0. The molecule has 0 saturated carbocycles. The molecule has 0 heterocycles. The van der Waals surface area contributed by atoms with E-state index in [1.54, 1.807) is 0 Å². The highest BCUT2D eigenvalue weighted by molar-refractivity contribution is 7.90. The smallest absolute Gasteiger partial charge is 0.177 e. The number of nitrogen functional groups attached to an aromatic ring is 1. The van der Waals surface area contributed by atoms with Crippen LogP contribution in [0.4, 0.5) is 10.1 Å². The first kappa shape index (κ1) is 10.3. The minimum absolute atomic E-state index is 0.0473. The van der Waals surface area contributed by atoms with E-state index < -0.39 is 15.7 Å². The van der Waals surface area contributed by atoms with Gasteiger partial charge in [-0.05, 0) is 12.1 Å². The normalized spacial score (nSPS) is 11.6. The zero-order valence-electron chi connectivity index (χ0n) is 6.71. The Bertz CT molecular complexity index is 444. The number of hydrogen-bond acceptors (Lipinski definition) is 3. The Labute approximate surface area is 80.2 Å². The van der Waals surface area contributed by atoms with Crippen LogP contribution in [-0.2, 0) is 9.84 Å². The van der Waals surface area contributed by atoms with Gasteiger partial charge in [0.2, 0.25) is 0 Å². The molecule has 0 bridgehead atoms. The summed E-state index contributed by atoms with van der Waals surface area (Å²) in [6.07, 6.45) is 0.950. The zero-order valence-corrected chi connectivity index (χ0v) is 8.29. The summed E-state index contributed by atoms with van der Waals surface area (Å²) in [5.41, 5.74) is 5.30. The van der Waals surface area contributed by atoms with Crippen molar-refractivity contribution in [1.29, 1.82) is 0 Å². The molecule has 72 valence electrons. The van der Waals surface area contributed by atoms with Crippen LogP contribution in [0.2, 0.25) is 5.02 Å². The molecule has 13 heavy (non-hydrogen) atoms. The van der Waals surface area contributed by atoms with Crippen molar-refractivity contribution in [3.8, 4) is 0 Å². The molecule has 0 saturated heterocycles. The van der Waals surface area contributed by atoms with Gasteiger partial charge in [-0.3, -0.25) is 0 Å². The van der Waals surface area contributed by atoms with E-state index in [9.17, 15) is 12.8 Å². The molecule has 2 N–H and O–H groups in total. The van der Waals surface area contributed by atoms with E-state index in [2.05, 4.69) is 0 Å². The van der Waals surface area contributed by atoms with Gasteiger partial charge in [0, 0.05) is 6.26 Å². The maximum absolute atomic E-state index is 12.8. The van der Waals surface area contributed by atoms with Crippen molar-refractivity contribution in [2.45, 2.75) is 4.90 Å². The number of hydrogen-bond donors (Lipinski definition) is 1. The number of nitrogens with two attached hydrogens (primary N) is 1. The maximum atomic E-state index is 12.8. The third kappa shape index (κ3) is 2.10. The van der Waals surface area contributed by atoms with Crippen LogP contribution in [-0.4, -0.2) is 14.7 Å². The van der Waals surface area contributed by atoms with Crippen LogP contribution in [0, 0.1) is 5.82 Å². The quantitative estimate of drug-likeness (QED) is 0.734. The van der Waals surface area contributed by atoms with E-state index in [1.165, 1.54) is 0 Å². The van der Waals surface area contributed by atoms with Gasteiger partial charge in [0.25, 0.3) is 0 Å². The van der Waals surface area contributed by atoms with Crippen molar-refractivity contribution in [3.05, 3.63) is 23.0 Å². The minimum Gasteiger partial charge on any atom is -0.398 e. The highest BCUT2D eigenvalue weighted by Crippen LogP contribution is 2.25. The van der Waals surface area contributed by atoms with E-state index in [-0.39, 0.29) is 15.6 Å². The van der Waals surface area contributed by atoms with Gasteiger partial charge < -0.3 is 5.73 Å². The Balaban J connectivity index is 3.50. The second-order valence-corrected chi connectivity index (χ2v) is 4.97. The van der Waals surface area contributed by atoms with Crippen molar-refractivity contribution < 1.29 is 12.8 Å². The third-order valence-corrected chi connectivity index (χ3v) is 2.89. The third-order valence-electron chi connectivity index (χ3n) is 1.45. The molecule has 1 aromatic carbocycles. The fraction of sp³-hybridized carbons (Fsp3) is 0.143. The van der Waals surface area contributed by atoms with Crippen LogP contribution >= 0.6 is 11.6 Å². The standard InChI is InChI=1S/C7H7ClFNO2S/c1-13(11,12)7-3-5(9)4(8)2-6(7)10/h2-3H,10H2,1H3. The van der Waals surface area contributed by atoms with Gasteiger partial charge in [-0.1, -0.05) is 11.6 Å². The monoisotopic (exact) mass is 223 g/mol. The minimum atomic E-state index is -3.50. The largest absolute Gasteiger partial charge is 0.398 e. The summed E-state index contributed by atoms with van der Waals surface area (Å²) in [7, 11) is -3.50. The molecule has 1 aromatic rings. The van der Waals surface area contributed by atoms with Crippen molar-refractivity contribution in [2.24, 2.45) is 0 Å². The predicted molar refractivity (Wildman–Crippen MR) is 48.9 cm³/mol. The van der Waals surface area contributed by atoms with Crippen molar-refractivity contribution >= 4 is 27.1 Å². The van der Waals surface area contributed by atoms with Crippen molar-refractivity contribution in [2.75, 3.05) is 12.0 Å². The SMILES string of the molecule is CS(=O)(=O)c1cc(F)c(Cl)cc1N. The molecular formula is C7H7ClFNO2S. The number of anilines is 1. The molecule has 0 spiro atoms. The van der Waals surface area contributed by atoms with Crippen LogP contribution in [0.1, 0.15) is 0 Å². The van der Waals surface area contributed by atoms with Crippen LogP contribution in [0.15, 0.2) is 17.0 Å². The summed E-state index contributed by atoms with van der Waals surface area (Å²) < 4.78 is 34.9. The second-order valence-electron chi connectivity index (χ2n) is 2.58. The van der Waals surface area contributed by atoms with Crippen molar-refractivity contribution in [1.82, 2.24) is 0 Å². The Morgan fingerprint density at radius 1 is 1.46 bits per heavy atom. The van der Waals surface area contributed by atoms with Gasteiger partial charge in [0.05, 0.1) is 15.6 Å². The van der Waals surface area contributed by atoms with Gasteiger partial charge >= 0.3 is 0 Å². The summed E-state index contributed by atoms with van der Waals surface area (Å²) in [6, 6.07) is 1.89. The number of sulfone groups is 1. The number of halogens is 2. The summed E-state index contributed by atoms with van der Waals surface area (Å²) in [4.78, 5) is -0.241. The fourth-order valence-corrected chi connectivity index (χ4v) is 1.84. The molecule has 1 rings (SSSR count). The molecular weight excluding hydrogens is 217 g/mol. The maximum Gasteiger partial charge on any atom is 0.177 e. The molecule has 0 atom stereocenters. The summed E-state index contributed by atoms with van der Waals surface area (Å²) in [5.74, 6) is -0.795. The van der Waals surface area contributed by atoms with E-state index in [0.29, 0.717) is 0 Å². The highest BCUT2D eigenvalue weighted by Gasteiger charge is 2.14. The van der Waals surface area contributed by atoms with E-state index >= 15 is 0 Å². The molecule has 6 heteroatoms. The second kappa shape index (κ2) is 3.16. The first-order valence-corrected chi connectivity index (χ1v) is 5.54. The Morgan fingerprint density at radius 3 is 2.46 bits per heavy atom. The van der Waals surface area contributed by atoms with Crippen LogP contribution < -0.4 is 5.73 Å². The Hall–Kier alpha value is -0.810. The van der Waals surface area contributed by atoms with E-state index in [1.807, 2.05) is 0 Å². The molecule has 0 aliphatic rings. The lowest BCUT2D eigenvalue weighted by molar-refractivity contribution is 0.596. The lowest BCUT2D eigenvalue weighted by Gasteiger charge is -2.03. The van der Waals surface area contributed by atoms with Crippen molar-refractivity contribution in [3.63, 3.8) is 0 Å². The highest BCUT2D eigenvalue weighted by atomic mass is 35.5. The first-order valence-electron chi connectivity index (χ1n) is 3.27. The lowest BCUT2D eigenvalue weighted by atomic mass is 10.3. The molecule has 0 amide bonds. The number of benzene rings is 1. The number of rotatable bonds is 1. The molecule has 3 nitrogen and oxygen atoms in total. The summed E-state index contributed by atoms with van der Waals surface area (Å²) in [5, 5.41) is -0.190. The Kier molecular flexibility index (Phi) is 2.49. The molecule has 0 aliphatic heterocycles. The zero-order chi connectivity index (χ0) is 10.2. The van der Waals surface area contributed by atoms with E-state index in [0.717, 1.165) is 18.4 Å². The topological polar surface area (TPSA) is 60.2 Å². The summed E-state index contributed by atoms with van der Waals surface area (Å²) >= 11 is 5.39. The fourth-order valence-electron chi connectivity index (χ4n) is 0.865. The lowest BCUT2D eigenvalue weighted by Crippen LogP contribution is -2.03. The van der Waals surface area contributed by atoms with Crippen LogP contribution in [0.5, 0.6) is 0 Å². The van der Waals surface area contributed by atoms with Gasteiger partial charge in [0.15, 0.2) is 9.84 Å². The average molecular weight is 224 g/mol. The molecule has 0 unspecified atom stereocenters. The molecule has 0 fully saturated rings. The molecule has 0 radical (unpaired) electrons. The average Bonchev–Trinajstić information content (AvgIpc) is 1.94. The van der Waals surface area contributed by atoms with Crippen LogP contribution in [0.25, 0.3) is 0 Å². The van der Waals surface area contributed by atoms with Crippen LogP contribution in [0.3, 0.4) is 0 Å². The molecule has 0 aliphatic carbocycles. The van der Waals surface area contributed by atoms with Gasteiger partial charge in [0.1, 0.15) is 5.82 Å². The first-order chi connectivity index (χ1) is 5.82. The van der Waals surface area contributed by atoms with Gasteiger partial charge in [-0.15, -0.1) is 0 Å². The van der Waals surface area contributed by atoms with Gasteiger partial charge in [-0.2, -0.15) is 0 Å².